The van der Waals surface area contributed by atoms with E-state index >= 15 is 0 Å². The Hall–Kier alpha value is -0.570. The average Bonchev–Trinajstić information content (AvgIpc) is 1.35. The molecule has 0 atom stereocenters. The molecular weight excluding hydrogens is 117 g/mol. The number of halogens is 1. The Morgan fingerprint density at radius 1 is 1.86 bits per heavy atom. The van der Waals surface area contributed by atoms with Crippen molar-refractivity contribution in [3.8, 4) is 0 Å². The maximum atomic E-state index is 9.25. The highest BCUT2D eigenvalue weighted by atomic mass is 35.5. The molecule has 7 heavy (non-hydrogen) atoms. The predicted octanol–water partition coefficient (Wildman–Crippen LogP) is 0.578. The topological polar surface area (TPSA) is 50.1 Å². The van der Waals surface area contributed by atoms with Gasteiger partial charge in [-0.2, -0.15) is 0 Å². The number of nitrogens with one attached hydrogen (secondary N) is 1. The molecule has 0 aromatic heterocycles. The van der Waals surface area contributed by atoms with E-state index in [2.05, 4.69) is 4.74 Å². The van der Waals surface area contributed by atoms with Crippen molar-refractivity contribution in [2.24, 2.45) is 0 Å². The first-order valence-electron chi connectivity index (χ1n) is 1.43. The zero-order valence-corrected chi connectivity index (χ0v) is 4.62. The Balaban J connectivity index is 0. The number of carbonyl (C=O) groups is 1. The Labute approximate surface area is 47.6 Å². The van der Waals surface area contributed by atoms with Crippen LogP contribution < -0.4 is 0 Å². The minimum absolute atomic E-state index is 0. The third kappa shape index (κ3) is 10.8. The van der Waals surface area contributed by atoms with Gasteiger partial charge in [-0.1, -0.05) is 0 Å². The first-order valence-corrected chi connectivity index (χ1v) is 1.43. The monoisotopic (exact) mass is 123 g/mol. The Bertz CT molecular complexity index is 73.3. The van der Waals surface area contributed by atoms with Gasteiger partial charge in [0.1, 0.15) is 0 Å². The summed E-state index contributed by atoms with van der Waals surface area (Å²) < 4.78 is 3.94. The maximum absolute atomic E-state index is 9.25. The predicted molar refractivity (Wildman–Crippen MR) is 27.8 cm³/mol. The lowest BCUT2D eigenvalue weighted by molar-refractivity contribution is -0.121. The van der Waals surface area contributed by atoms with E-state index in [1.165, 1.54) is 6.92 Å². The standard InChI is InChI=1S/C3H5NO2.ClH/c1-3(4)6-2-5;/h2,4H,1H3;1H. The zero-order valence-electron chi connectivity index (χ0n) is 3.80. The zero-order chi connectivity index (χ0) is 4.99. The van der Waals surface area contributed by atoms with Gasteiger partial charge in [0.2, 0.25) is 0 Å². The molecule has 42 valence electrons. The molecule has 0 unspecified atom stereocenters. The van der Waals surface area contributed by atoms with Crippen LogP contribution in [0.3, 0.4) is 0 Å². The van der Waals surface area contributed by atoms with Gasteiger partial charge in [0, 0.05) is 6.92 Å². The summed E-state index contributed by atoms with van der Waals surface area (Å²) in [6, 6.07) is 0. The van der Waals surface area contributed by atoms with Crippen molar-refractivity contribution < 1.29 is 9.53 Å². The molecule has 0 saturated carbocycles. The van der Waals surface area contributed by atoms with Crippen LogP contribution >= 0.6 is 12.4 Å². The lowest BCUT2D eigenvalue weighted by atomic mass is 10.8. The second-order valence-electron chi connectivity index (χ2n) is 0.770. The van der Waals surface area contributed by atoms with E-state index in [9.17, 15) is 4.79 Å². The number of hydrogen-bond acceptors (Lipinski definition) is 3. The van der Waals surface area contributed by atoms with E-state index in [1.54, 1.807) is 0 Å². The van der Waals surface area contributed by atoms with Crippen molar-refractivity contribution in [1.29, 1.82) is 5.41 Å². The Morgan fingerprint density at radius 2 is 2.29 bits per heavy atom. The number of rotatable bonds is 1. The molecule has 0 heterocycles. The molecular formula is C3H6ClNO2. The lowest BCUT2D eigenvalue weighted by Crippen LogP contribution is -1.91. The third-order valence-electron chi connectivity index (χ3n) is 0.225. The van der Waals surface area contributed by atoms with E-state index in [0.717, 1.165) is 0 Å². The fourth-order valence-corrected chi connectivity index (χ4v) is 0.0722. The van der Waals surface area contributed by atoms with Crippen molar-refractivity contribution in [1.82, 2.24) is 0 Å². The Kier molecular flexibility index (Phi) is 7.49. The first-order chi connectivity index (χ1) is 2.77. The molecule has 0 aliphatic rings. The molecule has 0 aromatic rings. The highest BCUT2D eigenvalue weighted by Gasteiger charge is 1.76. The smallest absolute Gasteiger partial charge is 0.299 e. The number of carbonyl (C=O) groups excluding carboxylic acids is 1. The molecule has 0 saturated heterocycles. The summed E-state index contributed by atoms with van der Waals surface area (Å²) in [7, 11) is 0. The van der Waals surface area contributed by atoms with Gasteiger partial charge < -0.3 is 4.74 Å². The largest absolute Gasteiger partial charge is 0.415 e. The average molecular weight is 124 g/mol. The summed E-state index contributed by atoms with van der Waals surface area (Å²) in [4.78, 5) is 9.25. The van der Waals surface area contributed by atoms with Gasteiger partial charge in [0.05, 0.1) is 0 Å². The lowest BCUT2D eigenvalue weighted by Gasteiger charge is -1.83. The van der Waals surface area contributed by atoms with Crippen molar-refractivity contribution in [3.05, 3.63) is 0 Å². The van der Waals surface area contributed by atoms with E-state index in [1.807, 2.05) is 0 Å². The van der Waals surface area contributed by atoms with Crippen molar-refractivity contribution in [2.75, 3.05) is 0 Å². The van der Waals surface area contributed by atoms with Gasteiger partial charge in [0.25, 0.3) is 6.47 Å². The maximum Gasteiger partial charge on any atom is 0.299 e. The van der Waals surface area contributed by atoms with Crippen LogP contribution in [0.2, 0.25) is 0 Å². The van der Waals surface area contributed by atoms with Crippen LogP contribution in [0.4, 0.5) is 0 Å². The van der Waals surface area contributed by atoms with Gasteiger partial charge in [-0.15, -0.1) is 12.4 Å². The van der Waals surface area contributed by atoms with E-state index < -0.39 is 0 Å². The van der Waals surface area contributed by atoms with E-state index in [0.29, 0.717) is 0 Å². The molecule has 0 bridgehead atoms. The van der Waals surface area contributed by atoms with Crippen LogP contribution in [-0.2, 0) is 9.53 Å². The number of ether oxygens (including phenoxy) is 1. The highest BCUT2D eigenvalue weighted by Crippen LogP contribution is 1.64. The molecule has 0 amide bonds. The minimum atomic E-state index is -0.0787. The molecule has 0 aliphatic carbocycles. The molecule has 0 radical (unpaired) electrons. The second kappa shape index (κ2) is 5.43. The quantitative estimate of drug-likeness (QED) is 0.315. The summed E-state index contributed by atoms with van der Waals surface area (Å²) in [5, 5.41) is 6.44. The highest BCUT2D eigenvalue weighted by molar-refractivity contribution is 5.85. The normalized spacial score (nSPS) is 5.86. The van der Waals surface area contributed by atoms with Gasteiger partial charge in [0.15, 0.2) is 5.90 Å². The van der Waals surface area contributed by atoms with Gasteiger partial charge in [-0.25, -0.2) is 0 Å². The molecule has 4 heteroatoms. The van der Waals surface area contributed by atoms with Crippen LogP contribution in [0, 0.1) is 5.41 Å². The molecule has 0 aromatic carbocycles. The molecule has 0 aliphatic heterocycles. The molecule has 0 fully saturated rings. The van der Waals surface area contributed by atoms with Crippen molar-refractivity contribution in [2.45, 2.75) is 6.92 Å². The van der Waals surface area contributed by atoms with Crippen LogP contribution in [-0.4, -0.2) is 12.4 Å². The molecule has 0 rings (SSSR count). The molecule has 1 N–H and O–H groups in total. The van der Waals surface area contributed by atoms with Crippen LogP contribution in [0.5, 0.6) is 0 Å². The summed E-state index contributed by atoms with van der Waals surface area (Å²) in [5.41, 5.74) is 0. The summed E-state index contributed by atoms with van der Waals surface area (Å²) in [6.07, 6.45) is 0. The van der Waals surface area contributed by atoms with Gasteiger partial charge in [-0.05, 0) is 0 Å². The number of hydrogen-bond donors (Lipinski definition) is 1. The SMILES string of the molecule is CC(=N)OC=O.Cl. The van der Waals surface area contributed by atoms with Crippen LogP contribution in [0.1, 0.15) is 6.92 Å². The minimum Gasteiger partial charge on any atom is -0.415 e. The summed E-state index contributed by atoms with van der Waals surface area (Å²) >= 11 is 0. The van der Waals surface area contributed by atoms with Crippen molar-refractivity contribution in [3.63, 3.8) is 0 Å². The fraction of sp³-hybridized carbons (Fsp3) is 0.333. The first kappa shape index (κ1) is 9.66. The van der Waals surface area contributed by atoms with Crippen molar-refractivity contribution >= 4 is 24.8 Å². The third-order valence-corrected chi connectivity index (χ3v) is 0.225. The summed E-state index contributed by atoms with van der Waals surface area (Å²) in [6.45, 7) is 1.61. The Morgan fingerprint density at radius 3 is 2.29 bits per heavy atom. The van der Waals surface area contributed by atoms with E-state index in [4.69, 9.17) is 5.41 Å². The van der Waals surface area contributed by atoms with Crippen LogP contribution in [0.15, 0.2) is 0 Å². The molecule has 3 nitrogen and oxygen atoms in total. The van der Waals surface area contributed by atoms with Gasteiger partial charge in [-0.3, -0.25) is 10.2 Å². The van der Waals surface area contributed by atoms with Crippen LogP contribution in [0.25, 0.3) is 0 Å². The van der Waals surface area contributed by atoms with Gasteiger partial charge >= 0.3 is 0 Å². The summed E-state index contributed by atoms with van der Waals surface area (Å²) in [5.74, 6) is -0.0787. The fourth-order valence-electron chi connectivity index (χ4n) is 0.0722. The van der Waals surface area contributed by atoms with E-state index in [-0.39, 0.29) is 24.8 Å². The molecule has 0 spiro atoms. The second-order valence-corrected chi connectivity index (χ2v) is 0.770.